The zero-order valence-electron chi connectivity index (χ0n) is 13.1. The third-order valence-corrected chi connectivity index (χ3v) is 3.72. The van der Waals surface area contributed by atoms with Gasteiger partial charge in [0.2, 0.25) is 0 Å². The first-order valence-corrected chi connectivity index (χ1v) is 7.29. The average Bonchev–Trinajstić information content (AvgIpc) is 2.98. The van der Waals surface area contributed by atoms with Crippen LogP contribution in [0.2, 0.25) is 5.15 Å². The molecular weight excluding hydrogens is 352 g/mol. The van der Waals surface area contributed by atoms with Gasteiger partial charge in [0.15, 0.2) is 11.4 Å². The van der Waals surface area contributed by atoms with Gasteiger partial charge in [-0.3, -0.25) is 10.1 Å². The molecule has 0 saturated carbocycles. The molecule has 0 saturated heterocycles. The Bertz CT molecular complexity index is 1000. The van der Waals surface area contributed by atoms with Gasteiger partial charge in [0, 0.05) is 18.3 Å². The van der Waals surface area contributed by atoms with Crippen LogP contribution in [-0.2, 0) is 4.74 Å². The summed E-state index contributed by atoms with van der Waals surface area (Å²) in [4.78, 5) is 26.3. The molecule has 0 aliphatic rings. The molecule has 2 heterocycles. The van der Waals surface area contributed by atoms with Gasteiger partial charge >= 0.3 is 5.97 Å². The van der Waals surface area contributed by atoms with E-state index in [9.17, 15) is 14.9 Å². The van der Waals surface area contributed by atoms with Crippen LogP contribution < -0.4 is 4.74 Å². The minimum Gasteiger partial charge on any atom is -0.494 e. The third-order valence-electron chi connectivity index (χ3n) is 3.51. The molecule has 2 aromatic heterocycles. The lowest BCUT2D eigenvalue weighted by Crippen LogP contribution is -2.05. The zero-order chi connectivity index (χ0) is 18.1. The Kier molecular flexibility index (Phi) is 4.24. The normalized spacial score (nSPS) is 10.7. The number of carbonyl (C=O) groups excluding carboxylic acids is 1. The average molecular weight is 363 g/mol. The zero-order valence-corrected chi connectivity index (χ0v) is 13.9. The van der Waals surface area contributed by atoms with Gasteiger partial charge in [0.1, 0.15) is 10.8 Å². The SMILES string of the molecule is COC(=O)c1nn(-c2ccc([N+](=O)[O-])cc2OC)c2cc(Cl)ncc12. The second-order valence-corrected chi connectivity index (χ2v) is 5.28. The predicted octanol–water partition coefficient (Wildman–Crippen LogP) is 2.78. The number of nitro benzene ring substituents is 1. The maximum absolute atomic E-state index is 12.0. The van der Waals surface area contributed by atoms with Crippen LogP contribution in [0.15, 0.2) is 30.5 Å². The Morgan fingerprint density at radius 1 is 1.32 bits per heavy atom. The number of carbonyl (C=O) groups is 1. The van der Waals surface area contributed by atoms with Crippen LogP contribution in [0.25, 0.3) is 16.6 Å². The first-order valence-electron chi connectivity index (χ1n) is 6.91. The van der Waals surface area contributed by atoms with Gasteiger partial charge in [0.25, 0.3) is 5.69 Å². The fourth-order valence-electron chi connectivity index (χ4n) is 2.37. The first-order chi connectivity index (χ1) is 12.0. The summed E-state index contributed by atoms with van der Waals surface area (Å²) in [6.07, 6.45) is 1.41. The highest BCUT2D eigenvalue weighted by Gasteiger charge is 2.22. The number of rotatable bonds is 4. The molecule has 0 bridgehead atoms. The van der Waals surface area contributed by atoms with Crippen molar-refractivity contribution in [1.82, 2.24) is 14.8 Å². The molecule has 0 radical (unpaired) electrons. The summed E-state index contributed by atoms with van der Waals surface area (Å²) in [5.41, 5.74) is 0.787. The summed E-state index contributed by atoms with van der Waals surface area (Å²) < 4.78 is 11.4. The summed E-state index contributed by atoms with van der Waals surface area (Å²) >= 11 is 5.95. The molecule has 25 heavy (non-hydrogen) atoms. The van der Waals surface area contributed by atoms with Crippen LogP contribution in [0.3, 0.4) is 0 Å². The molecule has 0 aliphatic heterocycles. The van der Waals surface area contributed by atoms with E-state index in [-0.39, 0.29) is 22.3 Å². The van der Waals surface area contributed by atoms with Crippen molar-refractivity contribution >= 4 is 34.2 Å². The van der Waals surface area contributed by atoms with Crippen LogP contribution in [0.1, 0.15) is 10.5 Å². The van der Waals surface area contributed by atoms with Crippen molar-refractivity contribution < 1.29 is 19.2 Å². The predicted molar refractivity (Wildman–Crippen MR) is 88.4 cm³/mol. The molecule has 0 spiro atoms. The largest absolute Gasteiger partial charge is 0.494 e. The Labute approximate surface area is 145 Å². The number of esters is 1. The molecular formula is C15H11ClN4O5. The molecule has 10 heteroatoms. The second kappa shape index (κ2) is 6.36. The highest BCUT2D eigenvalue weighted by Crippen LogP contribution is 2.31. The lowest BCUT2D eigenvalue weighted by molar-refractivity contribution is -0.384. The number of nitro groups is 1. The standard InChI is InChI=1S/C15H11ClN4O5/c1-24-12-5-8(20(22)23)3-4-10(12)19-11-6-13(16)17-7-9(11)14(18-19)15(21)25-2/h3-7H,1-2H3. The van der Waals surface area contributed by atoms with Gasteiger partial charge in [0.05, 0.1) is 36.1 Å². The van der Waals surface area contributed by atoms with Crippen molar-refractivity contribution in [2.24, 2.45) is 0 Å². The molecule has 1 aromatic carbocycles. The number of nitrogens with zero attached hydrogens (tertiary/aromatic N) is 4. The van der Waals surface area contributed by atoms with Gasteiger partial charge in [-0.1, -0.05) is 11.6 Å². The molecule has 128 valence electrons. The number of ether oxygens (including phenoxy) is 2. The number of fused-ring (bicyclic) bond motifs is 1. The van der Waals surface area contributed by atoms with Crippen LogP contribution in [0, 0.1) is 10.1 Å². The van der Waals surface area contributed by atoms with Gasteiger partial charge < -0.3 is 9.47 Å². The van der Waals surface area contributed by atoms with Crippen molar-refractivity contribution in [2.75, 3.05) is 14.2 Å². The van der Waals surface area contributed by atoms with E-state index in [0.717, 1.165) is 0 Å². The highest BCUT2D eigenvalue weighted by atomic mass is 35.5. The van der Waals surface area contributed by atoms with Gasteiger partial charge in [-0.25, -0.2) is 14.5 Å². The minimum absolute atomic E-state index is 0.0436. The Morgan fingerprint density at radius 3 is 2.72 bits per heavy atom. The fourth-order valence-corrected chi connectivity index (χ4v) is 2.52. The van der Waals surface area contributed by atoms with Crippen molar-refractivity contribution in [3.8, 4) is 11.4 Å². The molecule has 0 fully saturated rings. The summed E-state index contributed by atoms with van der Waals surface area (Å²) in [5.74, 6) is -0.434. The molecule has 0 amide bonds. The number of halogens is 1. The van der Waals surface area contributed by atoms with Crippen molar-refractivity contribution in [3.63, 3.8) is 0 Å². The summed E-state index contributed by atoms with van der Waals surface area (Å²) in [6, 6.07) is 5.57. The van der Waals surface area contributed by atoms with E-state index in [2.05, 4.69) is 10.1 Å². The van der Waals surface area contributed by atoms with Crippen molar-refractivity contribution in [1.29, 1.82) is 0 Å². The Balaban J connectivity index is 2.30. The van der Waals surface area contributed by atoms with E-state index < -0.39 is 10.9 Å². The summed E-state index contributed by atoms with van der Waals surface area (Å²) in [5, 5.41) is 15.8. The number of hydrogen-bond acceptors (Lipinski definition) is 7. The number of aromatic nitrogens is 3. The number of non-ortho nitro benzene ring substituents is 1. The summed E-state index contributed by atoms with van der Waals surface area (Å²) in [6.45, 7) is 0. The van der Waals surface area contributed by atoms with E-state index in [0.29, 0.717) is 16.6 Å². The van der Waals surface area contributed by atoms with Gasteiger partial charge in [-0.15, -0.1) is 0 Å². The maximum Gasteiger partial charge on any atom is 0.359 e. The number of benzene rings is 1. The number of hydrogen-bond donors (Lipinski definition) is 0. The van der Waals surface area contributed by atoms with Crippen LogP contribution in [-0.4, -0.2) is 39.9 Å². The van der Waals surface area contributed by atoms with Gasteiger partial charge in [-0.05, 0) is 6.07 Å². The lowest BCUT2D eigenvalue weighted by Gasteiger charge is -2.09. The van der Waals surface area contributed by atoms with E-state index in [4.69, 9.17) is 21.1 Å². The van der Waals surface area contributed by atoms with E-state index >= 15 is 0 Å². The fraction of sp³-hybridized carbons (Fsp3) is 0.133. The van der Waals surface area contributed by atoms with Crippen LogP contribution >= 0.6 is 11.6 Å². The topological polar surface area (TPSA) is 109 Å². The number of methoxy groups -OCH3 is 2. The van der Waals surface area contributed by atoms with Crippen molar-refractivity contribution in [3.05, 3.63) is 51.4 Å². The highest BCUT2D eigenvalue weighted by molar-refractivity contribution is 6.30. The first kappa shape index (κ1) is 16.7. The lowest BCUT2D eigenvalue weighted by atomic mass is 10.2. The monoisotopic (exact) mass is 362 g/mol. The molecule has 3 rings (SSSR count). The molecule has 3 aromatic rings. The minimum atomic E-state index is -0.645. The second-order valence-electron chi connectivity index (χ2n) is 4.89. The smallest absolute Gasteiger partial charge is 0.359 e. The molecule has 0 atom stereocenters. The van der Waals surface area contributed by atoms with Crippen molar-refractivity contribution in [2.45, 2.75) is 0 Å². The Hall–Kier alpha value is -3.20. The molecule has 0 aliphatic carbocycles. The van der Waals surface area contributed by atoms with Crippen LogP contribution in [0.5, 0.6) is 5.75 Å². The Morgan fingerprint density at radius 2 is 2.08 bits per heavy atom. The van der Waals surface area contributed by atoms with E-state index in [1.54, 1.807) is 0 Å². The van der Waals surface area contributed by atoms with E-state index in [1.165, 1.54) is 49.4 Å². The maximum atomic E-state index is 12.0. The van der Waals surface area contributed by atoms with Crippen LogP contribution in [0.4, 0.5) is 5.69 Å². The quantitative estimate of drug-likeness (QED) is 0.304. The number of pyridine rings is 1. The summed E-state index contributed by atoms with van der Waals surface area (Å²) in [7, 11) is 2.62. The third kappa shape index (κ3) is 2.85. The molecule has 0 unspecified atom stereocenters. The van der Waals surface area contributed by atoms with E-state index in [1.807, 2.05) is 0 Å². The molecule has 0 N–H and O–H groups in total. The molecule has 9 nitrogen and oxygen atoms in total. The van der Waals surface area contributed by atoms with Gasteiger partial charge in [-0.2, -0.15) is 5.10 Å².